The van der Waals surface area contributed by atoms with E-state index < -0.39 is 0 Å². The molecule has 0 saturated carbocycles. The van der Waals surface area contributed by atoms with Gasteiger partial charge < -0.3 is 37.9 Å². The molecule has 0 radical (unpaired) electrons. The first-order valence-corrected chi connectivity index (χ1v) is 8.94. The van der Waals surface area contributed by atoms with E-state index in [9.17, 15) is 0 Å². The van der Waals surface area contributed by atoms with E-state index in [-0.39, 0.29) is 24.4 Å². The van der Waals surface area contributed by atoms with E-state index in [2.05, 4.69) is 0 Å². The zero-order chi connectivity index (χ0) is 17.0. The molecule has 9 heteroatoms. The van der Waals surface area contributed by atoms with Gasteiger partial charge >= 0.3 is 0 Å². The Bertz CT molecular complexity index is 331. The lowest BCUT2D eigenvalue weighted by molar-refractivity contribution is -0.993. The SMILES string of the molecule is C(OC[N+](COCC1CO1)(COCC1CO1)COCC1CO1)C1CO1. The van der Waals surface area contributed by atoms with Crippen molar-refractivity contribution in [3.63, 3.8) is 0 Å². The van der Waals surface area contributed by atoms with Gasteiger partial charge in [-0.3, -0.25) is 0 Å². The number of quaternary nitrogens is 1. The summed E-state index contributed by atoms with van der Waals surface area (Å²) >= 11 is 0. The number of hydrogen-bond acceptors (Lipinski definition) is 8. The quantitative estimate of drug-likeness (QED) is 0.202. The first-order chi connectivity index (χ1) is 12.3. The van der Waals surface area contributed by atoms with Gasteiger partial charge in [-0.05, 0) is 0 Å². The lowest BCUT2D eigenvalue weighted by Gasteiger charge is -2.36. The molecule has 0 amide bonds. The molecule has 0 bridgehead atoms. The van der Waals surface area contributed by atoms with Crippen LogP contribution >= 0.6 is 0 Å². The molecule has 4 aliphatic heterocycles. The molecule has 144 valence electrons. The molecule has 9 nitrogen and oxygen atoms in total. The Morgan fingerprint density at radius 1 is 0.520 bits per heavy atom. The molecule has 0 aromatic carbocycles. The largest absolute Gasteiger partial charge is 0.371 e. The van der Waals surface area contributed by atoms with Crippen LogP contribution in [0.1, 0.15) is 0 Å². The van der Waals surface area contributed by atoms with Crippen LogP contribution in [0.3, 0.4) is 0 Å². The fraction of sp³-hybridized carbons (Fsp3) is 1.00. The molecule has 0 aliphatic carbocycles. The predicted octanol–water partition coefficient (Wildman–Crippen LogP) is -0.705. The lowest BCUT2D eigenvalue weighted by atomic mass is 10.5. The molecule has 4 heterocycles. The average molecular weight is 362 g/mol. The topological polar surface area (TPSA) is 87.0 Å². The van der Waals surface area contributed by atoms with Gasteiger partial charge in [0, 0.05) is 0 Å². The summed E-state index contributed by atoms with van der Waals surface area (Å²) in [4.78, 5) is 0. The van der Waals surface area contributed by atoms with Crippen LogP contribution < -0.4 is 0 Å². The second-order valence-corrected chi connectivity index (χ2v) is 7.16. The van der Waals surface area contributed by atoms with E-state index >= 15 is 0 Å². The minimum Gasteiger partial charge on any atom is -0.371 e. The molecular formula is C16H28NO8+. The van der Waals surface area contributed by atoms with Crippen LogP contribution in [0.4, 0.5) is 0 Å². The highest BCUT2D eigenvalue weighted by Gasteiger charge is 2.35. The summed E-state index contributed by atoms with van der Waals surface area (Å²) in [5.74, 6) is 0. The van der Waals surface area contributed by atoms with Gasteiger partial charge in [0.2, 0.25) is 0 Å². The van der Waals surface area contributed by atoms with E-state index in [0.29, 0.717) is 57.8 Å². The second kappa shape index (κ2) is 8.55. The molecule has 4 unspecified atom stereocenters. The van der Waals surface area contributed by atoms with Gasteiger partial charge in [0.25, 0.3) is 0 Å². The predicted molar refractivity (Wildman–Crippen MR) is 82.5 cm³/mol. The smallest absolute Gasteiger partial charge is 0.188 e. The maximum absolute atomic E-state index is 5.86. The summed E-state index contributed by atoms with van der Waals surface area (Å²) in [6.45, 7) is 7.25. The zero-order valence-electron chi connectivity index (χ0n) is 14.5. The van der Waals surface area contributed by atoms with Crippen LogP contribution in [0.5, 0.6) is 0 Å². The van der Waals surface area contributed by atoms with Gasteiger partial charge in [0.05, 0.1) is 52.9 Å². The highest BCUT2D eigenvalue weighted by molar-refractivity contribution is 4.68. The van der Waals surface area contributed by atoms with Gasteiger partial charge in [-0.2, -0.15) is 0 Å². The van der Waals surface area contributed by atoms with Crippen LogP contribution in [-0.4, -0.2) is 109 Å². The molecule has 4 fully saturated rings. The van der Waals surface area contributed by atoms with Crippen LogP contribution in [0, 0.1) is 0 Å². The van der Waals surface area contributed by atoms with E-state index in [1.165, 1.54) is 0 Å². The highest BCUT2D eigenvalue weighted by Crippen LogP contribution is 2.17. The second-order valence-electron chi connectivity index (χ2n) is 7.16. The fourth-order valence-electron chi connectivity index (χ4n) is 2.39. The highest BCUT2D eigenvalue weighted by atomic mass is 16.6. The standard InChI is InChI=1S/C16H28NO8/c1(13-5-22-13)18-9-17(10-19-2-14-6-23-14,11-20-3-15-7-24-15)12-21-4-16-8-25-16/h13-16H,1-12H2/q+1. The van der Waals surface area contributed by atoms with E-state index in [1.54, 1.807) is 0 Å². The number of hydrogen-bond donors (Lipinski definition) is 0. The van der Waals surface area contributed by atoms with Gasteiger partial charge in [-0.25, -0.2) is 4.48 Å². The monoisotopic (exact) mass is 362 g/mol. The average Bonchev–Trinajstić information content (AvgIpc) is 3.44. The maximum atomic E-state index is 5.86. The van der Waals surface area contributed by atoms with Crippen LogP contribution in [-0.2, 0) is 37.9 Å². The minimum absolute atomic E-state index is 0.226. The Kier molecular flexibility index (Phi) is 6.17. The molecule has 4 saturated heterocycles. The van der Waals surface area contributed by atoms with E-state index in [4.69, 9.17) is 37.9 Å². The minimum atomic E-state index is 0.226. The summed E-state index contributed by atoms with van der Waals surface area (Å²) in [5.41, 5.74) is 0. The first kappa shape index (κ1) is 18.0. The van der Waals surface area contributed by atoms with E-state index in [0.717, 1.165) is 26.4 Å². The third-order valence-electron chi connectivity index (χ3n) is 4.29. The maximum Gasteiger partial charge on any atom is 0.188 e. The summed E-state index contributed by atoms with van der Waals surface area (Å²) in [6, 6.07) is 0. The number of nitrogens with zero attached hydrogens (tertiary/aromatic N) is 1. The van der Waals surface area contributed by atoms with Crippen molar-refractivity contribution in [2.24, 2.45) is 0 Å². The van der Waals surface area contributed by atoms with Gasteiger partial charge in [-0.1, -0.05) is 0 Å². The molecular weight excluding hydrogens is 334 g/mol. The molecule has 0 aromatic rings. The first-order valence-electron chi connectivity index (χ1n) is 8.94. The van der Waals surface area contributed by atoms with Crippen LogP contribution in [0.2, 0.25) is 0 Å². The molecule has 4 rings (SSSR count). The normalized spacial score (nSPS) is 34.6. The molecule has 0 aromatic heterocycles. The number of ether oxygens (including phenoxy) is 8. The molecule has 0 spiro atoms. The van der Waals surface area contributed by atoms with Gasteiger partial charge in [0.1, 0.15) is 24.4 Å². The van der Waals surface area contributed by atoms with Crippen LogP contribution in [0.15, 0.2) is 0 Å². The number of epoxide rings is 4. The Balaban J connectivity index is 1.27. The lowest BCUT2D eigenvalue weighted by Crippen LogP contribution is -2.54. The Morgan fingerprint density at radius 3 is 0.960 bits per heavy atom. The molecule has 0 N–H and O–H groups in total. The van der Waals surface area contributed by atoms with Crippen molar-refractivity contribution in [3.05, 3.63) is 0 Å². The molecule has 25 heavy (non-hydrogen) atoms. The van der Waals surface area contributed by atoms with Crippen molar-refractivity contribution in [2.45, 2.75) is 24.4 Å². The zero-order valence-corrected chi connectivity index (χ0v) is 14.5. The Morgan fingerprint density at radius 2 is 0.760 bits per heavy atom. The Hall–Kier alpha value is -0.360. The Labute approximate surface area is 147 Å². The van der Waals surface area contributed by atoms with Gasteiger partial charge in [-0.15, -0.1) is 0 Å². The summed E-state index contributed by atoms with van der Waals surface area (Å²) < 4.78 is 44.7. The van der Waals surface area contributed by atoms with Crippen molar-refractivity contribution in [2.75, 3.05) is 79.8 Å². The third kappa shape index (κ3) is 7.05. The van der Waals surface area contributed by atoms with Crippen LogP contribution in [0.25, 0.3) is 0 Å². The summed E-state index contributed by atoms with van der Waals surface area (Å²) in [5, 5.41) is 0. The fourth-order valence-corrected chi connectivity index (χ4v) is 2.39. The van der Waals surface area contributed by atoms with Crippen molar-refractivity contribution in [1.29, 1.82) is 0 Å². The van der Waals surface area contributed by atoms with Crippen molar-refractivity contribution >= 4 is 0 Å². The van der Waals surface area contributed by atoms with Gasteiger partial charge in [0.15, 0.2) is 26.9 Å². The number of rotatable bonds is 16. The molecule has 4 aliphatic rings. The molecule has 4 atom stereocenters. The van der Waals surface area contributed by atoms with E-state index in [1.807, 2.05) is 0 Å². The summed E-state index contributed by atoms with van der Waals surface area (Å²) in [6.07, 6.45) is 0.905. The van der Waals surface area contributed by atoms with Crippen molar-refractivity contribution < 1.29 is 42.4 Å². The van der Waals surface area contributed by atoms with Crippen molar-refractivity contribution in [3.8, 4) is 0 Å². The van der Waals surface area contributed by atoms with Crippen molar-refractivity contribution in [1.82, 2.24) is 0 Å². The third-order valence-corrected chi connectivity index (χ3v) is 4.29. The summed E-state index contributed by atoms with van der Waals surface area (Å²) in [7, 11) is 0.